The molecule has 10 heteroatoms. The van der Waals surface area contributed by atoms with Crippen LogP contribution in [0.4, 0.5) is 11.5 Å². The van der Waals surface area contributed by atoms with Gasteiger partial charge in [0, 0.05) is 44.5 Å². The minimum atomic E-state index is -3.88. The van der Waals surface area contributed by atoms with Crippen molar-refractivity contribution in [2.45, 2.75) is 45.6 Å². The standard InChI is InChI=1S/C21H30N6O3S/c1-21(2,3)20-23-17-13-16(25(4)31(28,29)27-10-7-19(22)24-27)5-6-18(17)26(20)14-15-8-11-30-12-9-15/h5-7,10,13,15H,8-9,11-12,14H2,1-4H3,(H2,22,24). The van der Waals surface area contributed by atoms with Gasteiger partial charge in [-0.2, -0.15) is 8.42 Å². The number of nitrogens with two attached hydrogens (primary N) is 1. The number of nitrogen functional groups attached to an aromatic ring is 1. The molecule has 0 atom stereocenters. The first-order valence-corrected chi connectivity index (χ1v) is 11.9. The summed E-state index contributed by atoms with van der Waals surface area (Å²) < 4.78 is 35.7. The normalized spacial score (nSPS) is 16.1. The Morgan fingerprint density at radius 1 is 1.23 bits per heavy atom. The smallest absolute Gasteiger partial charge is 0.345 e. The summed E-state index contributed by atoms with van der Waals surface area (Å²) in [6, 6.07) is 7.02. The van der Waals surface area contributed by atoms with Gasteiger partial charge in [-0.05, 0) is 37.0 Å². The van der Waals surface area contributed by atoms with Crippen molar-refractivity contribution in [2.75, 3.05) is 30.3 Å². The number of anilines is 2. The first-order chi connectivity index (χ1) is 14.6. The van der Waals surface area contributed by atoms with E-state index in [1.54, 1.807) is 6.07 Å². The van der Waals surface area contributed by atoms with E-state index in [4.69, 9.17) is 15.5 Å². The molecule has 3 aromatic rings. The van der Waals surface area contributed by atoms with E-state index in [2.05, 4.69) is 30.4 Å². The van der Waals surface area contributed by atoms with Gasteiger partial charge in [-0.25, -0.2) is 4.98 Å². The summed E-state index contributed by atoms with van der Waals surface area (Å²) in [6.07, 6.45) is 3.41. The van der Waals surface area contributed by atoms with E-state index in [9.17, 15) is 8.42 Å². The van der Waals surface area contributed by atoms with Crippen molar-refractivity contribution in [3.05, 3.63) is 36.3 Å². The lowest BCUT2D eigenvalue weighted by atomic mass is 9.94. The monoisotopic (exact) mass is 446 g/mol. The molecule has 0 amide bonds. The van der Waals surface area contributed by atoms with E-state index in [1.807, 2.05) is 12.1 Å². The highest BCUT2D eigenvalue weighted by Crippen LogP contribution is 2.31. The molecule has 1 aliphatic heterocycles. The van der Waals surface area contributed by atoms with Crippen LogP contribution in [-0.2, 0) is 26.9 Å². The van der Waals surface area contributed by atoms with E-state index < -0.39 is 10.2 Å². The van der Waals surface area contributed by atoms with Gasteiger partial charge in [0.15, 0.2) is 0 Å². The molecule has 1 aliphatic rings. The van der Waals surface area contributed by atoms with Crippen LogP contribution in [0.1, 0.15) is 39.4 Å². The van der Waals surface area contributed by atoms with Gasteiger partial charge in [-0.15, -0.1) is 9.19 Å². The van der Waals surface area contributed by atoms with Crippen molar-refractivity contribution in [2.24, 2.45) is 5.92 Å². The molecule has 168 valence electrons. The van der Waals surface area contributed by atoms with E-state index in [1.165, 1.54) is 23.6 Å². The van der Waals surface area contributed by atoms with Crippen LogP contribution in [0.3, 0.4) is 0 Å². The number of ether oxygens (including phenoxy) is 1. The molecule has 3 heterocycles. The Hall–Kier alpha value is -2.59. The van der Waals surface area contributed by atoms with Gasteiger partial charge in [0.2, 0.25) is 0 Å². The number of benzene rings is 1. The maximum absolute atomic E-state index is 12.9. The Balaban J connectivity index is 1.73. The zero-order chi connectivity index (χ0) is 22.4. The SMILES string of the molecule is CN(c1ccc2c(c1)nc(C(C)(C)C)n2CC1CCOCC1)S(=O)(=O)n1ccc(N)n1. The Kier molecular flexibility index (Phi) is 5.47. The zero-order valence-corrected chi connectivity index (χ0v) is 19.3. The first-order valence-electron chi connectivity index (χ1n) is 10.5. The second-order valence-corrected chi connectivity index (χ2v) is 10.9. The van der Waals surface area contributed by atoms with E-state index in [-0.39, 0.29) is 11.2 Å². The van der Waals surface area contributed by atoms with Crippen LogP contribution in [-0.4, -0.2) is 47.4 Å². The van der Waals surface area contributed by atoms with Crippen LogP contribution in [0.25, 0.3) is 11.0 Å². The molecular formula is C21H30N6O3S. The highest BCUT2D eigenvalue weighted by atomic mass is 32.2. The van der Waals surface area contributed by atoms with Crippen LogP contribution >= 0.6 is 0 Å². The molecule has 0 bridgehead atoms. The van der Waals surface area contributed by atoms with E-state index in [0.717, 1.165) is 53.5 Å². The maximum atomic E-state index is 12.9. The quantitative estimate of drug-likeness (QED) is 0.646. The summed E-state index contributed by atoms with van der Waals surface area (Å²) in [5.41, 5.74) is 7.74. The number of fused-ring (bicyclic) bond motifs is 1. The summed E-state index contributed by atoms with van der Waals surface area (Å²) in [7, 11) is -2.39. The topological polar surface area (TPSA) is 108 Å². The van der Waals surface area contributed by atoms with Gasteiger partial charge < -0.3 is 15.0 Å². The molecule has 4 rings (SSSR count). The van der Waals surface area contributed by atoms with Crippen molar-refractivity contribution < 1.29 is 13.2 Å². The molecule has 1 aromatic carbocycles. The Morgan fingerprint density at radius 3 is 2.55 bits per heavy atom. The lowest BCUT2D eigenvalue weighted by Gasteiger charge is -2.26. The number of nitrogens with zero attached hydrogens (tertiary/aromatic N) is 5. The largest absolute Gasteiger partial charge is 0.382 e. The zero-order valence-electron chi connectivity index (χ0n) is 18.4. The second kappa shape index (κ2) is 7.83. The molecule has 31 heavy (non-hydrogen) atoms. The van der Waals surface area contributed by atoms with E-state index >= 15 is 0 Å². The third kappa shape index (κ3) is 4.14. The summed E-state index contributed by atoms with van der Waals surface area (Å²) in [5.74, 6) is 1.69. The molecule has 0 aliphatic carbocycles. The minimum Gasteiger partial charge on any atom is -0.382 e. The van der Waals surface area contributed by atoms with Crippen molar-refractivity contribution in [3.8, 4) is 0 Å². The fourth-order valence-electron chi connectivity index (χ4n) is 3.97. The predicted octanol–water partition coefficient (Wildman–Crippen LogP) is 2.77. The fraction of sp³-hybridized carbons (Fsp3) is 0.524. The number of hydrogen-bond acceptors (Lipinski definition) is 6. The molecule has 9 nitrogen and oxygen atoms in total. The number of imidazole rings is 1. The van der Waals surface area contributed by atoms with Crippen LogP contribution < -0.4 is 10.0 Å². The van der Waals surface area contributed by atoms with Crippen LogP contribution in [0.2, 0.25) is 0 Å². The van der Waals surface area contributed by atoms with Crippen LogP contribution in [0, 0.1) is 5.92 Å². The number of aromatic nitrogens is 4. The van der Waals surface area contributed by atoms with Crippen molar-refractivity contribution in [1.82, 2.24) is 18.7 Å². The lowest BCUT2D eigenvalue weighted by molar-refractivity contribution is 0.0611. The third-order valence-corrected chi connectivity index (χ3v) is 7.30. The summed E-state index contributed by atoms with van der Waals surface area (Å²) in [4.78, 5) is 4.92. The van der Waals surface area contributed by atoms with Gasteiger partial charge in [0.25, 0.3) is 0 Å². The van der Waals surface area contributed by atoms with Crippen molar-refractivity contribution in [3.63, 3.8) is 0 Å². The summed E-state index contributed by atoms with van der Waals surface area (Å²) in [5, 5.41) is 3.84. The van der Waals surface area contributed by atoms with Crippen molar-refractivity contribution in [1.29, 1.82) is 0 Å². The van der Waals surface area contributed by atoms with Crippen LogP contribution in [0.15, 0.2) is 30.5 Å². The summed E-state index contributed by atoms with van der Waals surface area (Å²) in [6.45, 7) is 8.92. The Morgan fingerprint density at radius 2 is 1.94 bits per heavy atom. The summed E-state index contributed by atoms with van der Waals surface area (Å²) >= 11 is 0. The molecule has 0 radical (unpaired) electrons. The molecule has 0 saturated carbocycles. The van der Waals surface area contributed by atoms with Crippen molar-refractivity contribution >= 4 is 32.7 Å². The highest BCUT2D eigenvalue weighted by Gasteiger charge is 2.27. The average Bonchev–Trinajstić information content (AvgIpc) is 3.32. The minimum absolute atomic E-state index is 0.144. The average molecular weight is 447 g/mol. The Bertz CT molecular complexity index is 1190. The van der Waals surface area contributed by atoms with Gasteiger partial charge in [-0.1, -0.05) is 20.8 Å². The second-order valence-electron chi connectivity index (χ2n) is 9.11. The molecule has 0 unspecified atom stereocenters. The van der Waals surface area contributed by atoms with Gasteiger partial charge in [0.05, 0.1) is 16.7 Å². The van der Waals surface area contributed by atoms with E-state index in [0.29, 0.717) is 11.6 Å². The molecule has 1 fully saturated rings. The predicted molar refractivity (Wildman–Crippen MR) is 121 cm³/mol. The van der Waals surface area contributed by atoms with Gasteiger partial charge >= 0.3 is 10.2 Å². The van der Waals surface area contributed by atoms with Crippen LogP contribution in [0.5, 0.6) is 0 Å². The molecule has 1 saturated heterocycles. The first kappa shape index (κ1) is 21.6. The van der Waals surface area contributed by atoms with Gasteiger partial charge in [0.1, 0.15) is 11.6 Å². The number of hydrogen-bond donors (Lipinski definition) is 1. The molecule has 2 aromatic heterocycles. The Labute approximate surface area is 183 Å². The number of rotatable bonds is 5. The fourth-order valence-corrected chi connectivity index (χ4v) is 5.01. The maximum Gasteiger partial charge on any atom is 0.345 e. The lowest BCUT2D eigenvalue weighted by Crippen LogP contribution is -2.32. The molecular weight excluding hydrogens is 416 g/mol. The highest BCUT2D eigenvalue weighted by molar-refractivity contribution is 7.91. The molecule has 2 N–H and O–H groups in total. The molecule has 0 spiro atoms. The third-order valence-electron chi connectivity index (χ3n) is 5.72. The van der Waals surface area contributed by atoms with Gasteiger partial charge in [-0.3, -0.25) is 4.31 Å².